The van der Waals surface area contributed by atoms with Crippen molar-refractivity contribution in [1.29, 1.82) is 5.41 Å². The maximum absolute atomic E-state index is 13.2. The zero-order valence-electron chi connectivity index (χ0n) is 30.9. The molecule has 2 unspecified atom stereocenters. The number of β-lactam (4-membered cyclic amide) rings is 1. The van der Waals surface area contributed by atoms with Crippen LogP contribution in [0.5, 0.6) is 0 Å². The van der Waals surface area contributed by atoms with E-state index in [1.807, 2.05) is 24.3 Å². The normalized spacial score (nSPS) is 19.7. The van der Waals surface area contributed by atoms with E-state index in [4.69, 9.17) is 11.1 Å². The zero-order valence-corrected chi connectivity index (χ0v) is 30.9. The number of carbonyl (C=O) groups is 5. The average molecular weight is 733 g/mol. The van der Waals surface area contributed by atoms with Gasteiger partial charge < -0.3 is 35.8 Å². The van der Waals surface area contributed by atoms with Gasteiger partial charge in [-0.05, 0) is 74.8 Å². The van der Waals surface area contributed by atoms with Gasteiger partial charge in [-0.15, -0.1) is 0 Å². The highest BCUT2D eigenvalue weighted by Gasteiger charge is 2.56. The number of carbonyl (C=O) groups excluding carboxylic acids is 4. The number of aryl methyl sites for hydroxylation is 2. The largest absolute Gasteiger partial charge is 0.480 e. The molecule has 3 atom stereocenters. The van der Waals surface area contributed by atoms with Gasteiger partial charge in [0.1, 0.15) is 0 Å². The lowest BCUT2D eigenvalue weighted by molar-refractivity contribution is -0.167. The molecule has 5 rings (SSSR count). The van der Waals surface area contributed by atoms with Gasteiger partial charge in [-0.3, -0.25) is 15.0 Å². The highest BCUT2D eigenvalue weighted by molar-refractivity contribution is 6.07. The minimum Gasteiger partial charge on any atom is -0.480 e. The number of nitrogens with two attached hydrogens (primary N) is 1. The van der Waals surface area contributed by atoms with Crippen LogP contribution in [0.1, 0.15) is 56.1 Å². The van der Waals surface area contributed by atoms with Crippen LogP contribution in [0.3, 0.4) is 0 Å². The van der Waals surface area contributed by atoms with Crippen LogP contribution in [-0.4, -0.2) is 131 Å². The van der Waals surface area contributed by atoms with Crippen LogP contribution in [0.15, 0.2) is 60.7 Å². The van der Waals surface area contributed by atoms with E-state index < -0.39 is 29.9 Å². The molecule has 0 spiro atoms. The van der Waals surface area contributed by atoms with Crippen molar-refractivity contribution in [2.75, 3.05) is 59.4 Å². The predicted octanol–water partition coefficient (Wildman–Crippen LogP) is 3.46. The average Bonchev–Trinajstić information content (AvgIpc) is 3.18. The molecule has 6 amide bonds. The number of piperazine rings is 1. The summed E-state index contributed by atoms with van der Waals surface area (Å²) in [6.45, 7) is 3.74. The third-order valence-electron chi connectivity index (χ3n) is 10.3. The van der Waals surface area contributed by atoms with Crippen LogP contribution in [0, 0.1) is 17.2 Å². The Labute approximate surface area is 312 Å². The summed E-state index contributed by atoms with van der Waals surface area (Å²) < 4.78 is 0. The van der Waals surface area contributed by atoms with Crippen LogP contribution in [0.4, 0.5) is 9.59 Å². The number of benzene rings is 2. The maximum atomic E-state index is 13.2. The van der Waals surface area contributed by atoms with E-state index >= 15 is 0 Å². The number of unbranched alkanes of at least 4 members (excludes halogenated alkanes) is 2. The first-order valence-electron chi connectivity index (χ1n) is 18.8. The molecule has 288 valence electrons. The smallest absolute Gasteiger partial charge is 0.327 e. The topological polar surface area (TPSA) is 184 Å². The molecule has 3 heterocycles. The minimum absolute atomic E-state index is 0.0249. The molecule has 3 saturated heterocycles. The summed E-state index contributed by atoms with van der Waals surface area (Å²) in [6, 6.07) is 18.7. The molecule has 2 aromatic carbocycles. The highest BCUT2D eigenvalue weighted by Crippen LogP contribution is 2.36. The van der Waals surface area contributed by atoms with Gasteiger partial charge in [-0.1, -0.05) is 60.7 Å². The highest BCUT2D eigenvalue weighted by atomic mass is 16.4. The quantitative estimate of drug-likeness (QED) is 0.0749. The van der Waals surface area contributed by atoms with E-state index in [1.165, 1.54) is 16.0 Å². The number of aliphatic carboxylic acids is 1. The van der Waals surface area contributed by atoms with Gasteiger partial charge in [-0.2, -0.15) is 0 Å². The summed E-state index contributed by atoms with van der Waals surface area (Å²) >= 11 is 0. The molecule has 14 nitrogen and oxygen atoms in total. The summed E-state index contributed by atoms with van der Waals surface area (Å²) in [5, 5.41) is 20.2. The van der Waals surface area contributed by atoms with Crippen molar-refractivity contribution in [1.82, 2.24) is 29.8 Å². The SMILES string of the molecule is CN(CCCCc1ccccc1)C(=O)N1CCN(C(=O)N2C(=O)[C@H](CC3CCCN(C(=N)N)C3)C2C(=O)O)CC1.O=CNCCCCc1ccccc1. The number of nitrogens with one attached hydrogen (secondary N) is 2. The molecule has 53 heavy (non-hydrogen) atoms. The summed E-state index contributed by atoms with van der Waals surface area (Å²) in [6.07, 6.45) is 8.86. The fourth-order valence-corrected chi connectivity index (χ4v) is 7.27. The Morgan fingerprint density at radius 3 is 2.04 bits per heavy atom. The lowest BCUT2D eigenvalue weighted by Gasteiger charge is -2.47. The Bertz CT molecular complexity index is 1500. The number of imide groups is 1. The summed E-state index contributed by atoms with van der Waals surface area (Å²) in [5.41, 5.74) is 8.26. The number of carboxylic acid groups (broad SMARTS) is 1. The van der Waals surface area contributed by atoms with Gasteiger partial charge >= 0.3 is 18.0 Å². The number of hydrogen-bond acceptors (Lipinski definition) is 6. The zero-order chi connectivity index (χ0) is 38.2. The van der Waals surface area contributed by atoms with Crippen molar-refractivity contribution >= 4 is 36.3 Å². The second kappa shape index (κ2) is 20.8. The first-order valence-corrected chi connectivity index (χ1v) is 18.8. The lowest BCUT2D eigenvalue weighted by atomic mass is 9.78. The monoisotopic (exact) mass is 732 g/mol. The number of urea groups is 2. The van der Waals surface area contributed by atoms with Crippen LogP contribution >= 0.6 is 0 Å². The molecule has 0 radical (unpaired) electrons. The van der Waals surface area contributed by atoms with Gasteiger partial charge in [0.25, 0.3) is 0 Å². The Morgan fingerprint density at radius 1 is 0.887 bits per heavy atom. The Kier molecular flexibility index (Phi) is 15.9. The number of amides is 6. The van der Waals surface area contributed by atoms with Crippen molar-refractivity contribution in [3.05, 3.63) is 71.8 Å². The number of hydrogen-bond donors (Lipinski definition) is 4. The van der Waals surface area contributed by atoms with E-state index in [0.29, 0.717) is 39.1 Å². The number of piperidine rings is 1. The molecule has 14 heteroatoms. The van der Waals surface area contributed by atoms with Gasteiger partial charge in [0.15, 0.2) is 12.0 Å². The third-order valence-corrected chi connectivity index (χ3v) is 10.3. The standard InChI is InChI=1S/C28H41N7O5.C11H15NO/c1-31(12-6-5-10-20-8-3-2-4-9-20)27(39)32-14-16-33(17-15-32)28(40)35-23(25(37)38)22(24(35)36)18-21-11-7-13-34(19-21)26(29)30;13-10-12-9-5-4-8-11-6-2-1-3-7-11/h2-4,8-9,21-23H,5-7,10-19H2,1H3,(H3,29,30)(H,37,38);1-3,6-7,10H,4-5,8-9H2,(H,12,13)/t21?,22-,23?;/m1./s1. The van der Waals surface area contributed by atoms with Crippen molar-refractivity contribution in [3.63, 3.8) is 0 Å². The van der Waals surface area contributed by atoms with Crippen molar-refractivity contribution < 1.29 is 29.1 Å². The maximum Gasteiger partial charge on any atom is 0.327 e. The summed E-state index contributed by atoms with van der Waals surface area (Å²) in [7, 11) is 1.78. The van der Waals surface area contributed by atoms with Gasteiger partial charge in [0.2, 0.25) is 12.3 Å². The molecule has 3 fully saturated rings. The number of carboxylic acids is 1. The molecule has 2 aromatic rings. The third kappa shape index (κ3) is 11.9. The van der Waals surface area contributed by atoms with Crippen LogP contribution < -0.4 is 11.1 Å². The van der Waals surface area contributed by atoms with Crippen molar-refractivity contribution in [2.24, 2.45) is 17.6 Å². The van der Waals surface area contributed by atoms with Gasteiger partial charge in [-0.25, -0.2) is 19.3 Å². The van der Waals surface area contributed by atoms with E-state index in [2.05, 4.69) is 41.7 Å². The summed E-state index contributed by atoms with van der Waals surface area (Å²) in [5.74, 6) is -2.42. The molecule has 0 aromatic heterocycles. The second-order valence-electron chi connectivity index (χ2n) is 14.1. The molecule has 0 bridgehead atoms. The van der Waals surface area contributed by atoms with Crippen molar-refractivity contribution in [3.8, 4) is 0 Å². The Balaban J connectivity index is 0.000000407. The fraction of sp³-hybridized carbons (Fsp3) is 0.538. The summed E-state index contributed by atoms with van der Waals surface area (Å²) in [4.78, 5) is 68.5. The Hall–Kier alpha value is -5.14. The molecular formula is C39H56N8O6. The number of likely N-dealkylation sites (tertiary alicyclic amines) is 2. The van der Waals surface area contributed by atoms with Crippen molar-refractivity contribution in [2.45, 2.75) is 63.8 Å². The van der Waals surface area contributed by atoms with E-state index in [0.717, 1.165) is 69.2 Å². The second-order valence-corrected chi connectivity index (χ2v) is 14.1. The molecular weight excluding hydrogens is 676 g/mol. The molecule has 0 aliphatic carbocycles. The number of nitrogens with zero attached hydrogens (tertiary/aromatic N) is 5. The van der Waals surface area contributed by atoms with Gasteiger partial charge in [0.05, 0.1) is 5.92 Å². The fourth-order valence-electron chi connectivity index (χ4n) is 7.27. The van der Waals surface area contributed by atoms with Gasteiger partial charge in [0, 0.05) is 59.4 Å². The first kappa shape index (κ1) is 40.6. The first-order chi connectivity index (χ1) is 25.6. The molecule has 5 N–H and O–H groups in total. The minimum atomic E-state index is -1.20. The number of guanidine groups is 1. The Morgan fingerprint density at radius 2 is 1.47 bits per heavy atom. The number of rotatable bonds is 14. The van der Waals surface area contributed by atoms with Crippen LogP contribution in [0.25, 0.3) is 0 Å². The molecule has 3 aliphatic heterocycles. The lowest BCUT2D eigenvalue weighted by Crippen LogP contribution is -2.70. The van der Waals surface area contributed by atoms with Crippen LogP contribution in [-0.2, 0) is 27.2 Å². The molecule has 0 saturated carbocycles. The van der Waals surface area contributed by atoms with Crippen LogP contribution in [0.2, 0.25) is 0 Å². The van der Waals surface area contributed by atoms with E-state index in [1.54, 1.807) is 21.7 Å². The van der Waals surface area contributed by atoms with E-state index in [-0.39, 0.29) is 31.0 Å². The predicted molar refractivity (Wildman–Crippen MR) is 202 cm³/mol. The van der Waals surface area contributed by atoms with E-state index in [9.17, 15) is 29.1 Å². The molecule has 3 aliphatic rings.